The number of fused-ring (bicyclic) bond motifs is 2. The average Bonchev–Trinajstić information content (AvgIpc) is 2.58. The Labute approximate surface area is 135 Å². The summed E-state index contributed by atoms with van der Waals surface area (Å²) in [6.45, 7) is 0. The van der Waals surface area contributed by atoms with E-state index < -0.39 is 0 Å². The second kappa shape index (κ2) is 5.45. The minimum Gasteiger partial charge on any atom is -0.458 e. The van der Waals surface area contributed by atoms with E-state index in [2.05, 4.69) is 14.1 Å². The van der Waals surface area contributed by atoms with E-state index in [-0.39, 0.29) is 12.1 Å². The van der Waals surface area contributed by atoms with Crippen molar-refractivity contribution in [2.24, 2.45) is 0 Å². The SMILES string of the molecule is C[N+]1(C)[C@@H]2CC[C@H]1CC(OC(=O)c1cc(Cl)cc(Cl)c1)C2. The summed E-state index contributed by atoms with van der Waals surface area (Å²) in [4.78, 5) is 12.3. The third-order valence-corrected chi connectivity index (χ3v) is 5.59. The van der Waals surface area contributed by atoms with Crippen LogP contribution in [0.3, 0.4) is 0 Å². The summed E-state index contributed by atoms with van der Waals surface area (Å²) >= 11 is 11.9. The molecule has 3 atom stereocenters. The second-order valence-corrected chi connectivity index (χ2v) is 7.54. The predicted octanol–water partition coefficient (Wildman–Crippen LogP) is 3.92. The van der Waals surface area contributed by atoms with E-state index >= 15 is 0 Å². The number of nitrogens with zero attached hydrogens (tertiary/aromatic N) is 1. The Morgan fingerprint density at radius 2 is 1.62 bits per heavy atom. The summed E-state index contributed by atoms with van der Waals surface area (Å²) in [5.74, 6) is -0.323. The van der Waals surface area contributed by atoms with Crippen LogP contribution in [-0.4, -0.2) is 42.7 Å². The zero-order valence-electron chi connectivity index (χ0n) is 12.3. The van der Waals surface area contributed by atoms with Gasteiger partial charge < -0.3 is 9.22 Å². The molecule has 1 unspecified atom stereocenters. The van der Waals surface area contributed by atoms with Crippen LogP contribution < -0.4 is 0 Å². The average molecular weight is 329 g/mol. The van der Waals surface area contributed by atoms with Gasteiger partial charge in [-0.25, -0.2) is 4.79 Å². The second-order valence-electron chi connectivity index (χ2n) is 6.67. The summed E-state index contributed by atoms with van der Waals surface area (Å²) in [6.07, 6.45) is 4.37. The summed E-state index contributed by atoms with van der Waals surface area (Å²) in [5.41, 5.74) is 0.430. The van der Waals surface area contributed by atoms with Gasteiger partial charge in [0, 0.05) is 35.7 Å². The van der Waals surface area contributed by atoms with Crippen LogP contribution in [-0.2, 0) is 4.74 Å². The molecule has 2 aliphatic heterocycles. The number of hydrogen-bond acceptors (Lipinski definition) is 2. The molecule has 1 aromatic carbocycles. The molecule has 3 nitrogen and oxygen atoms in total. The fourth-order valence-electron chi connectivity index (χ4n) is 3.82. The monoisotopic (exact) mass is 328 g/mol. The molecule has 0 aliphatic carbocycles. The maximum Gasteiger partial charge on any atom is 0.338 e. The molecular formula is C16H20Cl2NO2+. The Hall–Kier alpha value is -0.770. The van der Waals surface area contributed by atoms with Crippen LogP contribution in [0.1, 0.15) is 36.0 Å². The third-order valence-electron chi connectivity index (χ3n) is 5.16. The molecule has 0 saturated carbocycles. The summed E-state index contributed by atoms with van der Waals surface area (Å²) in [5, 5.41) is 0.909. The quantitative estimate of drug-likeness (QED) is 0.607. The lowest BCUT2D eigenvalue weighted by molar-refractivity contribution is -0.931. The maximum atomic E-state index is 12.3. The Balaban J connectivity index is 1.69. The first-order valence-electron chi connectivity index (χ1n) is 7.36. The Morgan fingerprint density at radius 1 is 1.10 bits per heavy atom. The molecule has 21 heavy (non-hydrogen) atoms. The van der Waals surface area contributed by atoms with Crippen molar-refractivity contribution in [2.45, 2.75) is 43.9 Å². The van der Waals surface area contributed by atoms with Crippen molar-refractivity contribution < 1.29 is 14.0 Å². The molecule has 5 heteroatoms. The lowest BCUT2D eigenvalue weighted by atomic mass is 9.98. The first-order chi connectivity index (χ1) is 9.86. The van der Waals surface area contributed by atoms with E-state index in [1.807, 2.05) is 0 Å². The Bertz CT molecular complexity index is 537. The number of piperidine rings is 1. The molecule has 0 N–H and O–H groups in total. The first kappa shape index (κ1) is 15.1. The van der Waals surface area contributed by atoms with Gasteiger partial charge in [-0.05, 0) is 18.2 Å². The molecule has 3 rings (SSSR count). The zero-order valence-corrected chi connectivity index (χ0v) is 13.8. The van der Waals surface area contributed by atoms with Crippen molar-refractivity contribution in [3.63, 3.8) is 0 Å². The Kier molecular flexibility index (Phi) is 3.93. The largest absolute Gasteiger partial charge is 0.458 e. The predicted molar refractivity (Wildman–Crippen MR) is 83.8 cm³/mol. The van der Waals surface area contributed by atoms with Crippen LogP contribution in [0.15, 0.2) is 18.2 Å². The smallest absolute Gasteiger partial charge is 0.338 e. The standard InChI is InChI=1S/C16H20Cl2NO2/c1-19(2)13-3-4-14(19)9-15(8-13)21-16(20)10-5-11(17)7-12(18)6-10/h5-7,13-15H,3-4,8-9H2,1-2H3/q+1/t13-,14+,15?. The number of hydrogen-bond donors (Lipinski definition) is 0. The van der Waals surface area contributed by atoms with Crippen LogP contribution in [0.25, 0.3) is 0 Å². The Morgan fingerprint density at radius 3 is 2.14 bits per heavy atom. The molecule has 114 valence electrons. The van der Waals surface area contributed by atoms with Crippen LogP contribution in [0.2, 0.25) is 10.0 Å². The van der Waals surface area contributed by atoms with E-state index in [0.717, 1.165) is 17.3 Å². The highest BCUT2D eigenvalue weighted by molar-refractivity contribution is 6.35. The van der Waals surface area contributed by atoms with E-state index in [1.54, 1.807) is 18.2 Å². The highest BCUT2D eigenvalue weighted by atomic mass is 35.5. The van der Waals surface area contributed by atoms with Gasteiger partial charge in [0.25, 0.3) is 0 Å². The van der Waals surface area contributed by atoms with Crippen molar-refractivity contribution >= 4 is 29.2 Å². The number of ether oxygens (including phenoxy) is 1. The molecule has 2 heterocycles. The van der Waals surface area contributed by atoms with Crippen molar-refractivity contribution in [2.75, 3.05) is 14.1 Å². The van der Waals surface area contributed by atoms with E-state index in [0.29, 0.717) is 27.7 Å². The molecule has 2 saturated heterocycles. The normalized spacial score (nSPS) is 30.2. The fraction of sp³-hybridized carbons (Fsp3) is 0.562. The van der Waals surface area contributed by atoms with Gasteiger partial charge in [-0.2, -0.15) is 0 Å². The number of benzene rings is 1. The highest BCUT2D eigenvalue weighted by Crippen LogP contribution is 2.40. The van der Waals surface area contributed by atoms with E-state index in [9.17, 15) is 4.79 Å². The van der Waals surface area contributed by atoms with Gasteiger partial charge in [0.2, 0.25) is 0 Å². The van der Waals surface area contributed by atoms with Gasteiger partial charge in [-0.15, -0.1) is 0 Å². The maximum absolute atomic E-state index is 12.3. The number of esters is 1. The number of halogens is 2. The van der Waals surface area contributed by atoms with Crippen molar-refractivity contribution in [3.8, 4) is 0 Å². The fourth-order valence-corrected chi connectivity index (χ4v) is 4.34. The molecule has 1 aromatic rings. The molecule has 2 fully saturated rings. The van der Waals surface area contributed by atoms with Gasteiger partial charge in [-0.3, -0.25) is 0 Å². The molecule has 2 bridgehead atoms. The van der Waals surface area contributed by atoms with Crippen LogP contribution in [0.5, 0.6) is 0 Å². The first-order valence-corrected chi connectivity index (χ1v) is 8.12. The van der Waals surface area contributed by atoms with Crippen molar-refractivity contribution in [1.82, 2.24) is 0 Å². The van der Waals surface area contributed by atoms with Crippen LogP contribution in [0.4, 0.5) is 0 Å². The number of carbonyl (C=O) groups excluding carboxylic acids is 1. The van der Waals surface area contributed by atoms with Gasteiger partial charge in [0.15, 0.2) is 0 Å². The molecule has 0 radical (unpaired) electrons. The van der Waals surface area contributed by atoms with Gasteiger partial charge in [0.1, 0.15) is 6.10 Å². The number of quaternary nitrogens is 1. The van der Waals surface area contributed by atoms with Crippen molar-refractivity contribution in [3.05, 3.63) is 33.8 Å². The third kappa shape index (κ3) is 2.92. The highest BCUT2D eigenvalue weighted by Gasteiger charge is 2.49. The van der Waals surface area contributed by atoms with Gasteiger partial charge in [0.05, 0.1) is 31.7 Å². The van der Waals surface area contributed by atoms with Crippen LogP contribution in [0, 0.1) is 0 Å². The summed E-state index contributed by atoms with van der Waals surface area (Å²) in [7, 11) is 4.58. The lowest BCUT2D eigenvalue weighted by Gasteiger charge is -2.43. The molecule has 2 aliphatic rings. The molecule has 0 amide bonds. The van der Waals surface area contributed by atoms with E-state index in [1.165, 1.54) is 12.8 Å². The van der Waals surface area contributed by atoms with Gasteiger partial charge in [-0.1, -0.05) is 23.2 Å². The molecule has 0 aromatic heterocycles. The number of rotatable bonds is 2. The van der Waals surface area contributed by atoms with Crippen molar-refractivity contribution in [1.29, 1.82) is 0 Å². The van der Waals surface area contributed by atoms with Gasteiger partial charge >= 0.3 is 5.97 Å². The minimum absolute atomic E-state index is 0.0129. The molecular weight excluding hydrogens is 309 g/mol. The minimum atomic E-state index is -0.323. The van der Waals surface area contributed by atoms with Crippen LogP contribution >= 0.6 is 23.2 Å². The topological polar surface area (TPSA) is 26.3 Å². The summed E-state index contributed by atoms with van der Waals surface area (Å²) in [6, 6.07) is 6.02. The zero-order chi connectivity index (χ0) is 15.2. The summed E-state index contributed by atoms with van der Waals surface area (Å²) < 4.78 is 6.76. The van der Waals surface area contributed by atoms with E-state index in [4.69, 9.17) is 27.9 Å². The molecule has 0 spiro atoms. The number of carbonyl (C=O) groups is 1. The lowest BCUT2D eigenvalue weighted by Crippen LogP contribution is -2.56.